The molecule has 0 radical (unpaired) electrons. The second-order valence-corrected chi connectivity index (χ2v) is 11.8. The number of aromatic nitrogens is 1. The van der Waals surface area contributed by atoms with E-state index in [9.17, 15) is 0 Å². The third kappa shape index (κ3) is 2.73. The summed E-state index contributed by atoms with van der Waals surface area (Å²) >= 11 is 0. The number of aryl methyl sites for hydroxylation is 1. The lowest BCUT2D eigenvalue weighted by molar-refractivity contribution is 1.35. The van der Waals surface area contributed by atoms with Crippen molar-refractivity contribution in [2.24, 2.45) is 0 Å². The first-order chi connectivity index (χ1) is 20.8. The summed E-state index contributed by atoms with van der Waals surface area (Å²) in [6.07, 6.45) is 0. The van der Waals surface area contributed by atoms with Gasteiger partial charge in [0.15, 0.2) is 0 Å². The Labute approximate surface area is 242 Å². The number of hydrogen-bond donors (Lipinski definition) is 0. The molecule has 194 valence electrons. The molecule has 0 aliphatic heterocycles. The highest BCUT2D eigenvalue weighted by Gasteiger charge is 2.21. The van der Waals surface area contributed by atoms with E-state index in [2.05, 4.69) is 145 Å². The first-order valence-electron chi connectivity index (χ1n) is 14.7. The first-order valence-corrected chi connectivity index (χ1v) is 14.7. The summed E-state index contributed by atoms with van der Waals surface area (Å²) in [5.41, 5.74) is 7.70. The summed E-state index contributed by atoms with van der Waals surface area (Å²) in [6.45, 7) is 2.21. The van der Waals surface area contributed by atoms with Crippen LogP contribution >= 0.6 is 0 Å². The van der Waals surface area contributed by atoms with Gasteiger partial charge in [-0.05, 0) is 73.3 Å². The monoisotopic (exact) mass is 531 g/mol. The zero-order chi connectivity index (χ0) is 27.5. The third-order valence-electron chi connectivity index (χ3n) is 9.48. The van der Waals surface area contributed by atoms with Gasteiger partial charge in [0.2, 0.25) is 0 Å². The van der Waals surface area contributed by atoms with E-state index < -0.39 is 0 Å². The summed E-state index contributed by atoms with van der Waals surface area (Å²) in [6, 6.07) is 49.8. The number of pyridine rings is 1. The van der Waals surface area contributed by atoms with Crippen molar-refractivity contribution in [1.82, 2.24) is 4.40 Å². The Kier molecular flexibility index (Phi) is 4.18. The van der Waals surface area contributed by atoms with E-state index >= 15 is 0 Å². The third-order valence-corrected chi connectivity index (χ3v) is 9.48. The largest absolute Gasteiger partial charge is 0.307 e. The van der Waals surface area contributed by atoms with Gasteiger partial charge in [0.1, 0.15) is 0 Å². The molecular formula is C41H25N. The molecule has 1 nitrogen and oxygen atoms in total. The number of para-hydroxylation sites is 2. The van der Waals surface area contributed by atoms with E-state index in [1.807, 2.05) is 0 Å². The van der Waals surface area contributed by atoms with E-state index in [4.69, 9.17) is 0 Å². The van der Waals surface area contributed by atoms with Crippen molar-refractivity contribution < 1.29 is 0 Å². The van der Waals surface area contributed by atoms with E-state index in [1.54, 1.807) is 0 Å². The molecule has 2 aromatic heterocycles. The average molecular weight is 532 g/mol. The molecule has 2 heterocycles. The minimum Gasteiger partial charge on any atom is -0.307 e. The molecule has 0 saturated carbocycles. The lowest BCUT2D eigenvalue weighted by Gasteiger charge is -2.16. The van der Waals surface area contributed by atoms with Gasteiger partial charge in [-0.2, -0.15) is 0 Å². The van der Waals surface area contributed by atoms with Gasteiger partial charge in [0.25, 0.3) is 0 Å². The Balaban J connectivity index is 1.48. The lowest BCUT2D eigenvalue weighted by Crippen LogP contribution is -1.94. The predicted octanol–water partition coefficient (Wildman–Crippen LogP) is 11.4. The molecule has 0 saturated heterocycles. The Morgan fingerprint density at radius 2 is 1.05 bits per heavy atom. The minimum atomic E-state index is 1.26. The van der Waals surface area contributed by atoms with Crippen LogP contribution in [0.1, 0.15) is 5.56 Å². The molecular weight excluding hydrogens is 506 g/mol. The van der Waals surface area contributed by atoms with E-state index in [0.717, 1.165) is 0 Å². The number of fused-ring (bicyclic) bond motifs is 11. The van der Waals surface area contributed by atoms with Crippen molar-refractivity contribution in [2.75, 3.05) is 0 Å². The molecule has 0 aliphatic rings. The Morgan fingerprint density at radius 1 is 0.381 bits per heavy atom. The van der Waals surface area contributed by atoms with Crippen LogP contribution in [-0.2, 0) is 0 Å². The Bertz CT molecular complexity index is 2730. The molecule has 0 atom stereocenters. The zero-order valence-corrected chi connectivity index (χ0v) is 23.1. The van der Waals surface area contributed by atoms with Crippen LogP contribution in [0.4, 0.5) is 0 Å². The van der Waals surface area contributed by atoms with E-state index in [1.165, 1.54) is 97.9 Å². The molecule has 1 heteroatoms. The number of nitrogens with zero attached hydrogens (tertiary/aromatic N) is 1. The molecule has 0 unspecified atom stereocenters. The molecule has 10 aromatic rings. The molecule has 0 amide bonds. The zero-order valence-electron chi connectivity index (χ0n) is 23.1. The normalized spacial score (nSPS) is 12.4. The first kappa shape index (κ1) is 22.3. The molecule has 42 heavy (non-hydrogen) atoms. The molecule has 10 rings (SSSR count). The van der Waals surface area contributed by atoms with Gasteiger partial charge in [-0.15, -0.1) is 0 Å². The van der Waals surface area contributed by atoms with Crippen LogP contribution in [-0.4, -0.2) is 4.40 Å². The van der Waals surface area contributed by atoms with Crippen LogP contribution in [0.2, 0.25) is 0 Å². The minimum absolute atomic E-state index is 1.26. The Morgan fingerprint density at radius 3 is 1.93 bits per heavy atom. The molecule has 0 fully saturated rings. The van der Waals surface area contributed by atoms with Gasteiger partial charge in [0.05, 0.1) is 16.6 Å². The van der Waals surface area contributed by atoms with Crippen LogP contribution in [0.5, 0.6) is 0 Å². The summed E-state index contributed by atoms with van der Waals surface area (Å²) in [5, 5.41) is 15.7. The van der Waals surface area contributed by atoms with Crippen molar-refractivity contribution in [3.63, 3.8) is 0 Å². The van der Waals surface area contributed by atoms with Gasteiger partial charge in [-0.3, -0.25) is 0 Å². The number of benzene rings is 8. The standard InChI is InChI=1S/C41H25N/c1-24-21-27-18-20-34-32-14-8-15-33(40(32)42-37-16-7-6-13-30(37)36(22-24)38(27)41(34)42)35-23-26-10-3-5-12-29(26)39-28-11-4-2-9-25(28)17-19-31(35)39/h2-23H,1H3. The van der Waals surface area contributed by atoms with Crippen LogP contribution < -0.4 is 0 Å². The molecule has 0 aliphatic carbocycles. The maximum absolute atomic E-state index is 2.56. The van der Waals surface area contributed by atoms with Crippen LogP contribution in [0.3, 0.4) is 0 Å². The van der Waals surface area contributed by atoms with Crippen molar-refractivity contribution in [3.05, 3.63) is 139 Å². The molecule has 0 spiro atoms. The van der Waals surface area contributed by atoms with Crippen LogP contribution in [0, 0.1) is 6.92 Å². The SMILES string of the molecule is Cc1cc2ccc3c4cccc(-c5cc6ccccc6c6c5ccc5ccccc56)c4n4c5ccccc5c(c1)c2c34. The highest BCUT2D eigenvalue weighted by atomic mass is 14.9. The Hall–Kier alpha value is -5.40. The summed E-state index contributed by atoms with van der Waals surface area (Å²) in [4.78, 5) is 0. The quantitative estimate of drug-likeness (QED) is 0.147. The van der Waals surface area contributed by atoms with Crippen molar-refractivity contribution >= 4 is 81.2 Å². The smallest absolute Gasteiger partial charge is 0.0626 e. The van der Waals surface area contributed by atoms with E-state index in [0.29, 0.717) is 0 Å². The fourth-order valence-corrected chi connectivity index (χ4v) is 7.82. The molecule has 0 N–H and O–H groups in total. The topological polar surface area (TPSA) is 4.41 Å². The van der Waals surface area contributed by atoms with E-state index in [-0.39, 0.29) is 0 Å². The maximum atomic E-state index is 2.56. The second kappa shape index (κ2) is 7.87. The summed E-state index contributed by atoms with van der Waals surface area (Å²) in [5.74, 6) is 0. The fraction of sp³-hybridized carbons (Fsp3) is 0.0244. The van der Waals surface area contributed by atoms with Crippen LogP contribution in [0.15, 0.2) is 133 Å². The van der Waals surface area contributed by atoms with Gasteiger partial charge < -0.3 is 4.40 Å². The van der Waals surface area contributed by atoms with Gasteiger partial charge in [-0.1, -0.05) is 121 Å². The van der Waals surface area contributed by atoms with Crippen LogP contribution in [0.25, 0.3) is 92.3 Å². The summed E-state index contributed by atoms with van der Waals surface area (Å²) in [7, 11) is 0. The van der Waals surface area contributed by atoms with Gasteiger partial charge in [-0.25, -0.2) is 0 Å². The average Bonchev–Trinajstić information content (AvgIpc) is 3.39. The predicted molar refractivity (Wildman–Crippen MR) is 181 cm³/mol. The fourth-order valence-electron chi connectivity index (χ4n) is 7.82. The van der Waals surface area contributed by atoms with Gasteiger partial charge >= 0.3 is 0 Å². The highest BCUT2D eigenvalue weighted by molar-refractivity contribution is 6.31. The maximum Gasteiger partial charge on any atom is 0.0626 e. The van der Waals surface area contributed by atoms with Crippen molar-refractivity contribution in [3.8, 4) is 11.1 Å². The second-order valence-electron chi connectivity index (χ2n) is 11.8. The lowest BCUT2D eigenvalue weighted by atomic mass is 9.89. The summed E-state index contributed by atoms with van der Waals surface area (Å²) < 4.78 is 2.56. The van der Waals surface area contributed by atoms with Crippen molar-refractivity contribution in [1.29, 1.82) is 0 Å². The molecule has 0 bridgehead atoms. The van der Waals surface area contributed by atoms with Gasteiger partial charge in [0, 0.05) is 27.1 Å². The molecule has 8 aromatic carbocycles. The number of hydrogen-bond acceptors (Lipinski definition) is 0. The number of rotatable bonds is 1. The van der Waals surface area contributed by atoms with Crippen molar-refractivity contribution in [2.45, 2.75) is 6.92 Å². The highest BCUT2D eigenvalue weighted by Crippen LogP contribution is 2.46.